The molecule has 1 fully saturated rings. The minimum absolute atomic E-state index is 0.622. The number of rotatable bonds is 6. The van der Waals surface area contributed by atoms with E-state index >= 15 is 0 Å². The van der Waals surface area contributed by atoms with Gasteiger partial charge in [0.1, 0.15) is 5.82 Å². The Morgan fingerprint density at radius 3 is 2.75 bits per heavy atom. The lowest BCUT2D eigenvalue weighted by molar-refractivity contribution is 0.213. The summed E-state index contributed by atoms with van der Waals surface area (Å²) in [5.41, 5.74) is 1.02. The summed E-state index contributed by atoms with van der Waals surface area (Å²) in [4.78, 5) is 13.9. The monoisotopic (exact) mass is 277 g/mol. The number of nitrogens with zero attached hydrogens (tertiary/aromatic N) is 4. The van der Waals surface area contributed by atoms with Crippen molar-refractivity contribution in [1.82, 2.24) is 20.2 Å². The van der Waals surface area contributed by atoms with Crippen LogP contribution in [0.3, 0.4) is 0 Å². The summed E-state index contributed by atoms with van der Waals surface area (Å²) in [6.07, 6.45) is 6.14. The molecule has 1 aromatic rings. The highest BCUT2D eigenvalue weighted by molar-refractivity contribution is 5.37. The predicted octanol–water partition coefficient (Wildman–Crippen LogP) is 1.51. The Morgan fingerprint density at radius 1 is 1.25 bits per heavy atom. The molecule has 1 aromatic heterocycles. The highest BCUT2D eigenvalue weighted by Gasteiger charge is 2.23. The maximum atomic E-state index is 4.58. The molecule has 1 N–H and O–H groups in total. The predicted molar refractivity (Wildman–Crippen MR) is 83.0 cm³/mol. The highest BCUT2D eigenvalue weighted by atomic mass is 15.3. The van der Waals surface area contributed by atoms with Crippen molar-refractivity contribution in [3.63, 3.8) is 0 Å². The van der Waals surface area contributed by atoms with E-state index in [0.717, 1.165) is 50.7 Å². The third-order valence-corrected chi connectivity index (χ3v) is 4.00. The molecule has 5 nitrogen and oxygen atoms in total. The number of hydrogen-bond acceptors (Lipinski definition) is 5. The van der Waals surface area contributed by atoms with Gasteiger partial charge in [0, 0.05) is 32.2 Å². The minimum atomic E-state index is 0.622. The minimum Gasteiger partial charge on any atom is -0.352 e. The fraction of sp³-hybridized carbons (Fsp3) is 0.733. The lowest BCUT2D eigenvalue weighted by Gasteiger charge is -2.39. The average Bonchev–Trinajstić information content (AvgIpc) is 2.49. The van der Waals surface area contributed by atoms with E-state index in [1.807, 2.05) is 12.4 Å². The van der Waals surface area contributed by atoms with Crippen molar-refractivity contribution < 1.29 is 0 Å². The van der Waals surface area contributed by atoms with Crippen LogP contribution in [0.2, 0.25) is 0 Å². The molecule has 1 aliphatic rings. The number of likely N-dealkylation sites (N-methyl/N-ethyl adjacent to an activating group) is 1. The van der Waals surface area contributed by atoms with Gasteiger partial charge in [-0.1, -0.05) is 13.8 Å². The maximum Gasteiger partial charge on any atom is 0.147 e. The lowest BCUT2D eigenvalue weighted by atomic mass is 10.1. The quantitative estimate of drug-likeness (QED) is 0.799. The Kier molecular flexibility index (Phi) is 5.73. The molecule has 20 heavy (non-hydrogen) atoms. The zero-order valence-corrected chi connectivity index (χ0v) is 13.0. The molecule has 0 bridgehead atoms. The second kappa shape index (κ2) is 7.55. The van der Waals surface area contributed by atoms with E-state index in [-0.39, 0.29) is 0 Å². The summed E-state index contributed by atoms with van der Waals surface area (Å²) >= 11 is 0. The molecule has 0 aromatic carbocycles. The van der Waals surface area contributed by atoms with Gasteiger partial charge in [0.05, 0.1) is 18.1 Å². The molecule has 0 aliphatic carbocycles. The summed E-state index contributed by atoms with van der Waals surface area (Å²) < 4.78 is 0. The Balaban J connectivity index is 1.92. The highest BCUT2D eigenvalue weighted by Crippen LogP contribution is 2.16. The molecule has 0 spiro atoms. The van der Waals surface area contributed by atoms with Gasteiger partial charge in [-0.3, -0.25) is 9.88 Å². The van der Waals surface area contributed by atoms with Crippen LogP contribution in [0.25, 0.3) is 0 Å². The zero-order valence-electron chi connectivity index (χ0n) is 13.0. The van der Waals surface area contributed by atoms with E-state index in [9.17, 15) is 0 Å². The van der Waals surface area contributed by atoms with E-state index < -0.39 is 0 Å². The van der Waals surface area contributed by atoms with Gasteiger partial charge in [-0.2, -0.15) is 0 Å². The molecule has 0 amide bonds. The summed E-state index contributed by atoms with van der Waals surface area (Å²) in [6, 6.07) is 0.622. The SMILES string of the molecule is CCCNCc1cnc(N2CCN(C)C(CC)C2)cn1. The van der Waals surface area contributed by atoms with Gasteiger partial charge >= 0.3 is 0 Å². The fourth-order valence-electron chi connectivity index (χ4n) is 2.59. The van der Waals surface area contributed by atoms with Gasteiger partial charge in [0.2, 0.25) is 0 Å². The van der Waals surface area contributed by atoms with Crippen LogP contribution in [-0.4, -0.2) is 54.1 Å². The van der Waals surface area contributed by atoms with Gasteiger partial charge < -0.3 is 10.2 Å². The van der Waals surface area contributed by atoms with E-state index in [1.54, 1.807) is 0 Å². The molecule has 2 heterocycles. The summed E-state index contributed by atoms with van der Waals surface area (Å²) in [5, 5.41) is 3.35. The molecular weight excluding hydrogens is 250 g/mol. The largest absolute Gasteiger partial charge is 0.352 e. The van der Waals surface area contributed by atoms with Crippen LogP contribution in [0, 0.1) is 0 Å². The van der Waals surface area contributed by atoms with Gasteiger partial charge in [-0.15, -0.1) is 0 Å². The van der Waals surface area contributed by atoms with E-state index in [1.165, 1.54) is 6.42 Å². The molecule has 1 atom stereocenters. The Hall–Kier alpha value is -1.20. The van der Waals surface area contributed by atoms with Crippen LogP contribution in [-0.2, 0) is 6.54 Å². The molecule has 5 heteroatoms. The molecule has 1 unspecified atom stereocenters. The van der Waals surface area contributed by atoms with Crippen LogP contribution in [0.5, 0.6) is 0 Å². The number of hydrogen-bond donors (Lipinski definition) is 1. The van der Waals surface area contributed by atoms with Gasteiger partial charge in [0.25, 0.3) is 0 Å². The second-order valence-electron chi connectivity index (χ2n) is 5.53. The van der Waals surface area contributed by atoms with Crippen molar-refractivity contribution in [1.29, 1.82) is 0 Å². The summed E-state index contributed by atoms with van der Waals surface area (Å²) in [6.45, 7) is 9.43. The normalized spacial score (nSPS) is 20.4. The van der Waals surface area contributed by atoms with Crippen molar-refractivity contribution in [3.8, 4) is 0 Å². The van der Waals surface area contributed by atoms with Crippen molar-refractivity contribution in [2.45, 2.75) is 39.3 Å². The Bertz CT molecular complexity index is 392. The third-order valence-electron chi connectivity index (χ3n) is 4.00. The van der Waals surface area contributed by atoms with Crippen LogP contribution in [0.4, 0.5) is 5.82 Å². The van der Waals surface area contributed by atoms with Crippen LogP contribution in [0.1, 0.15) is 32.4 Å². The molecule has 1 saturated heterocycles. The van der Waals surface area contributed by atoms with Crippen molar-refractivity contribution in [3.05, 3.63) is 18.1 Å². The first-order valence-electron chi connectivity index (χ1n) is 7.71. The maximum absolute atomic E-state index is 4.58. The molecule has 0 saturated carbocycles. The van der Waals surface area contributed by atoms with Crippen LogP contribution < -0.4 is 10.2 Å². The van der Waals surface area contributed by atoms with E-state index in [4.69, 9.17) is 0 Å². The molecule has 0 radical (unpaired) electrons. The van der Waals surface area contributed by atoms with E-state index in [0.29, 0.717) is 6.04 Å². The van der Waals surface area contributed by atoms with Gasteiger partial charge in [0.15, 0.2) is 0 Å². The molecular formula is C15H27N5. The van der Waals surface area contributed by atoms with Gasteiger partial charge in [-0.05, 0) is 26.4 Å². The van der Waals surface area contributed by atoms with Crippen molar-refractivity contribution in [2.24, 2.45) is 0 Å². The number of anilines is 1. The first kappa shape index (κ1) is 15.2. The molecule has 2 rings (SSSR count). The first-order chi connectivity index (χ1) is 9.74. The summed E-state index contributed by atoms with van der Waals surface area (Å²) in [7, 11) is 2.21. The molecule has 1 aliphatic heterocycles. The topological polar surface area (TPSA) is 44.3 Å². The van der Waals surface area contributed by atoms with Crippen molar-refractivity contribution >= 4 is 5.82 Å². The van der Waals surface area contributed by atoms with E-state index in [2.05, 4.69) is 46.0 Å². The number of nitrogens with one attached hydrogen (secondary N) is 1. The molecule has 112 valence electrons. The number of aromatic nitrogens is 2. The average molecular weight is 277 g/mol. The smallest absolute Gasteiger partial charge is 0.147 e. The zero-order chi connectivity index (χ0) is 14.4. The number of piperazine rings is 1. The standard InChI is InChI=1S/C15H27N5/c1-4-6-16-9-13-10-18-15(11-17-13)20-8-7-19(3)14(5-2)12-20/h10-11,14,16H,4-9,12H2,1-3H3. The summed E-state index contributed by atoms with van der Waals surface area (Å²) in [5.74, 6) is 1.01. The Morgan fingerprint density at radius 2 is 2.10 bits per heavy atom. The third kappa shape index (κ3) is 3.90. The van der Waals surface area contributed by atoms with Crippen LogP contribution in [0.15, 0.2) is 12.4 Å². The Labute approximate surface area is 122 Å². The van der Waals surface area contributed by atoms with Gasteiger partial charge in [-0.25, -0.2) is 4.98 Å². The lowest BCUT2D eigenvalue weighted by Crippen LogP contribution is -2.51. The second-order valence-corrected chi connectivity index (χ2v) is 5.53. The van der Waals surface area contributed by atoms with Crippen molar-refractivity contribution in [2.75, 3.05) is 38.1 Å². The fourth-order valence-corrected chi connectivity index (χ4v) is 2.59. The van der Waals surface area contributed by atoms with Crippen LogP contribution >= 0.6 is 0 Å². The first-order valence-corrected chi connectivity index (χ1v) is 7.71.